The minimum absolute atomic E-state index is 0. The van der Waals surface area contributed by atoms with Crippen LogP contribution in [0.5, 0.6) is 0 Å². The Labute approximate surface area is 83.4 Å². The first-order valence-corrected chi connectivity index (χ1v) is 0. The summed E-state index contributed by atoms with van der Waals surface area (Å²) in [7, 11) is 0. The molecule has 1 radical (unpaired) electrons. The van der Waals surface area contributed by atoms with Crippen molar-refractivity contribution in [3.8, 4) is 0 Å². The third kappa shape index (κ3) is 8.82. The van der Waals surface area contributed by atoms with E-state index in [2.05, 4.69) is 0 Å². The molecule has 4 heavy (non-hydrogen) atoms. The molecule has 0 saturated carbocycles. The number of hydrogen-bond acceptors (Lipinski definition) is 0. The summed E-state index contributed by atoms with van der Waals surface area (Å²) in [6.07, 6.45) is 0. The Morgan fingerprint density at radius 1 is 1.25 bits per heavy atom. The first-order chi connectivity index (χ1) is 0. The van der Waals surface area contributed by atoms with Crippen LogP contribution in [0.15, 0.2) is 0 Å². The van der Waals surface area contributed by atoms with Crippen LogP contribution in [0, 0.1) is 0 Å². The average molecular weight is 150 g/mol. The summed E-state index contributed by atoms with van der Waals surface area (Å²) in [5.41, 5.74) is 0. The summed E-state index contributed by atoms with van der Waals surface area (Å²) in [6.45, 7) is 0. The zero-order valence-corrected chi connectivity index (χ0v) is 6.68. The summed E-state index contributed by atoms with van der Waals surface area (Å²) in [5.74, 6) is 0. The van der Waals surface area contributed by atoms with Gasteiger partial charge >= 0.3 is 48.4 Å². The normalized spacial score (nSPS) is 0. The molecule has 0 N–H and O–H groups in total. The Hall–Kier alpha value is 2.60. The minimum Gasteiger partial charge on any atom is -1.00 e. The van der Waals surface area contributed by atoms with E-state index in [1.54, 1.807) is 0 Å². The van der Waals surface area contributed by atoms with Gasteiger partial charge in [0.05, 0.1) is 0 Å². The van der Waals surface area contributed by atoms with Crippen LogP contribution in [0.4, 0.5) is 0 Å². The van der Waals surface area contributed by atoms with Crippen molar-refractivity contribution in [2.75, 3.05) is 0 Å². The van der Waals surface area contributed by atoms with Crippen LogP contribution in [0.3, 0.4) is 0 Å². The third-order valence-corrected chi connectivity index (χ3v) is 0. The van der Waals surface area contributed by atoms with Crippen LogP contribution in [-0.4, -0.2) is 0 Å². The van der Waals surface area contributed by atoms with Crippen LogP contribution in [0.2, 0.25) is 0 Å². The predicted octanol–water partition coefficient (Wildman–Crippen LogP) is -5.77. The molecule has 0 saturated heterocycles. The Kier molecular flexibility index (Phi) is 134. The summed E-state index contributed by atoms with van der Waals surface area (Å²) >= 11 is 0. The molecule has 0 aliphatic carbocycles. The van der Waals surface area contributed by atoms with E-state index in [1.807, 2.05) is 0 Å². The maximum Gasteiger partial charge on any atom is 1.00 e. The van der Waals surface area contributed by atoms with Gasteiger partial charge in [0, 0.05) is 33.3 Å². The van der Waals surface area contributed by atoms with Gasteiger partial charge in [-0.1, -0.05) is 0 Å². The average Bonchev–Trinajstić information content (AvgIpc) is 0. The predicted molar refractivity (Wildman–Crippen MR) is 2.22 cm³/mol. The van der Waals surface area contributed by atoms with Crippen molar-refractivity contribution in [3.05, 3.63) is 0 Å². The number of rotatable bonds is 0. The molecule has 0 aliphatic heterocycles. The monoisotopic (exact) mass is 149 g/mol. The van der Waals surface area contributed by atoms with Crippen LogP contribution in [0.25, 0.3) is 0 Å². The van der Waals surface area contributed by atoms with Crippen molar-refractivity contribution in [1.82, 2.24) is 0 Å². The molecule has 0 nitrogen and oxygen atoms in total. The van der Waals surface area contributed by atoms with Gasteiger partial charge in [-0.2, -0.15) is 0 Å². The van der Waals surface area contributed by atoms with Gasteiger partial charge in [-0.15, -0.1) is 0 Å². The molecule has 4 heteroatoms. The molecule has 0 fully saturated rings. The van der Waals surface area contributed by atoms with Gasteiger partial charge in [-0.3, -0.25) is 0 Å². The van der Waals surface area contributed by atoms with E-state index in [1.165, 1.54) is 0 Å². The second-order valence-corrected chi connectivity index (χ2v) is 0. The molecule has 0 rings (SSSR count). The van der Waals surface area contributed by atoms with Crippen molar-refractivity contribution < 1.29 is 84.5 Å². The second kappa shape index (κ2) is 17.5. The summed E-state index contributed by atoms with van der Waals surface area (Å²) in [4.78, 5) is 0. The summed E-state index contributed by atoms with van der Waals surface area (Å²) in [6, 6.07) is 0. The Morgan fingerprint density at radius 2 is 1.25 bits per heavy atom. The Morgan fingerprint density at radius 3 is 1.25 bits per heavy atom. The molecule has 0 heterocycles. The van der Waals surface area contributed by atoms with Crippen molar-refractivity contribution in [1.29, 1.82) is 0 Å². The van der Waals surface area contributed by atoms with Crippen molar-refractivity contribution in [2.24, 2.45) is 0 Å². The smallest absolute Gasteiger partial charge is 1.00 e. The zero-order chi connectivity index (χ0) is 0. The van der Waals surface area contributed by atoms with E-state index in [9.17, 15) is 0 Å². The third-order valence-electron chi connectivity index (χ3n) is 0. The summed E-state index contributed by atoms with van der Waals surface area (Å²) < 4.78 is 0. The SMILES string of the molecule is [Co].[H-].[H-].[Li+].[Na+].[Ni]. The molecule has 0 atom stereocenters. The molecule has 0 aliphatic rings. The fraction of sp³-hybridized carbons (Fsp3) is 0. The van der Waals surface area contributed by atoms with Crippen LogP contribution < -0.4 is 48.4 Å². The van der Waals surface area contributed by atoms with Crippen molar-refractivity contribution in [3.63, 3.8) is 0 Å². The minimum atomic E-state index is 0. The Bertz CT molecular complexity index is 13.5. The molecular formula is H2CoLiNaNi. The van der Waals surface area contributed by atoms with E-state index in [0.29, 0.717) is 0 Å². The molecule has 0 aromatic rings. The van der Waals surface area contributed by atoms with E-state index in [4.69, 9.17) is 0 Å². The van der Waals surface area contributed by atoms with Gasteiger partial charge in [0.2, 0.25) is 0 Å². The molecule has 0 unspecified atom stereocenters. The Balaban J connectivity index is 0. The number of hydrogen-bond donors (Lipinski definition) is 0. The topological polar surface area (TPSA) is 0 Å². The standard InChI is InChI=1S/Co.Li.Na.Ni.2H/q;2*+1;;2*-1. The van der Waals surface area contributed by atoms with Gasteiger partial charge in [0.15, 0.2) is 0 Å². The second-order valence-electron chi connectivity index (χ2n) is 0. The van der Waals surface area contributed by atoms with Gasteiger partial charge in [0.25, 0.3) is 0 Å². The van der Waals surface area contributed by atoms with E-state index in [0.717, 1.165) is 0 Å². The molecule has 0 aromatic heterocycles. The maximum absolute atomic E-state index is 0. The largest absolute Gasteiger partial charge is 1.00 e. The van der Waals surface area contributed by atoms with Crippen LogP contribution in [-0.2, 0) is 33.3 Å². The first-order valence-electron chi connectivity index (χ1n) is 0. The van der Waals surface area contributed by atoms with Crippen LogP contribution in [0.1, 0.15) is 2.85 Å². The van der Waals surface area contributed by atoms with E-state index >= 15 is 0 Å². The van der Waals surface area contributed by atoms with Crippen molar-refractivity contribution >= 4 is 0 Å². The molecular weight excluding hydrogens is 148 g/mol. The fourth-order valence-corrected chi connectivity index (χ4v) is 0. The molecule has 0 bridgehead atoms. The molecule has 0 spiro atoms. The van der Waals surface area contributed by atoms with E-state index in [-0.39, 0.29) is 84.5 Å². The van der Waals surface area contributed by atoms with Crippen molar-refractivity contribution in [2.45, 2.75) is 0 Å². The zero-order valence-electron chi connectivity index (χ0n) is 4.65. The fourth-order valence-electron chi connectivity index (χ4n) is 0. The first kappa shape index (κ1) is 30.6. The quantitative estimate of drug-likeness (QED) is 0.301. The van der Waals surface area contributed by atoms with Crippen LogP contribution >= 0.6 is 0 Å². The van der Waals surface area contributed by atoms with Gasteiger partial charge in [-0.25, -0.2) is 0 Å². The van der Waals surface area contributed by atoms with Gasteiger partial charge in [0.1, 0.15) is 0 Å². The maximum atomic E-state index is 0. The molecule has 23 valence electrons. The summed E-state index contributed by atoms with van der Waals surface area (Å²) in [5, 5.41) is 0. The van der Waals surface area contributed by atoms with Gasteiger partial charge in [-0.05, 0) is 0 Å². The van der Waals surface area contributed by atoms with Gasteiger partial charge < -0.3 is 2.85 Å². The molecule has 0 aromatic carbocycles. The van der Waals surface area contributed by atoms with E-state index < -0.39 is 0 Å². The molecule has 0 amide bonds.